The number of hydrogen-bond acceptors (Lipinski definition) is 6. The lowest BCUT2D eigenvalue weighted by molar-refractivity contribution is -0.155. The van der Waals surface area contributed by atoms with E-state index in [9.17, 15) is 14.7 Å². The number of carbonyl (C=O) groups excluding carboxylic acids is 2. The van der Waals surface area contributed by atoms with Gasteiger partial charge in [-0.15, -0.1) is 0 Å². The van der Waals surface area contributed by atoms with Crippen LogP contribution in [0, 0.1) is 19.8 Å². The molecule has 5 rings (SSSR count). The van der Waals surface area contributed by atoms with Gasteiger partial charge in [0.05, 0.1) is 20.1 Å². The number of benzene rings is 3. The van der Waals surface area contributed by atoms with Gasteiger partial charge < -0.3 is 19.3 Å². The second-order valence-electron chi connectivity index (χ2n) is 8.99. The number of ketones is 1. The normalized spacial score (nSPS) is 27.0. The number of hydrogen-bond donors (Lipinski definition) is 1. The van der Waals surface area contributed by atoms with Gasteiger partial charge in [-0.2, -0.15) is 0 Å². The monoisotopic (exact) mass is 458 g/mol. The Hall–Kier alpha value is -3.64. The Morgan fingerprint density at radius 1 is 1.00 bits per heavy atom. The second kappa shape index (κ2) is 7.71. The lowest BCUT2D eigenvalue weighted by Crippen LogP contribution is -2.50. The largest absolute Gasteiger partial charge is 0.497 e. The third kappa shape index (κ3) is 2.72. The number of fused-ring (bicyclic) bond motifs is 3. The molecule has 174 valence electrons. The van der Waals surface area contributed by atoms with Crippen LogP contribution in [-0.4, -0.2) is 31.1 Å². The number of ether oxygens (including phenoxy) is 3. The van der Waals surface area contributed by atoms with E-state index in [-0.39, 0.29) is 0 Å². The first-order valence-corrected chi connectivity index (χ1v) is 11.1. The molecule has 0 unspecified atom stereocenters. The molecule has 0 amide bonds. The summed E-state index contributed by atoms with van der Waals surface area (Å²) in [4.78, 5) is 27.2. The molecular formula is C28H26O6. The molecule has 1 heterocycles. The molecule has 3 aromatic carbocycles. The van der Waals surface area contributed by atoms with E-state index in [1.54, 1.807) is 31.4 Å². The third-order valence-corrected chi connectivity index (χ3v) is 7.16. The average Bonchev–Trinajstić information content (AvgIpc) is 3.22. The van der Waals surface area contributed by atoms with Crippen molar-refractivity contribution in [3.05, 3.63) is 94.5 Å². The Kier molecular flexibility index (Phi) is 5.02. The molecule has 1 saturated carbocycles. The summed E-state index contributed by atoms with van der Waals surface area (Å²) >= 11 is 0. The number of carbonyl (C=O) groups is 2. The van der Waals surface area contributed by atoms with Gasteiger partial charge in [-0.05, 0) is 48.7 Å². The molecule has 4 atom stereocenters. The van der Waals surface area contributed by atoms with Crippen LogP contribution in [0.25, 0.3) is 0 Å². The summed E-state index contributed by atoms with van der Waals surface area (Å²) in [5.74, 6) is -2.36. The van der Waals surface area contributed by atoms with E-state index in [4.69, 9.17) is 14.2 Å². The Labute approximate surface area is 198 Å². The predicted octanol–water partition coefficient (Wildman–Crippen LogP) is 3.94. The number of aliphatic hydroxyl groups is 1. The van der Waals surface area contributed by atoms with Gasteiger partial charge in [-0.25, -0.2) is 0 Å². The molecule has 6 nitrogen and oxygen atoms in total. The number of aryl methyl sites for hydroxylation is 2. The Bertz CT molecular complexity index is 1280. The lowest BCUT2D eigenvalue weighted by Gasteiger charge is -2.39. The van der Waals surface area contributed by atoms with Crippen LogP contribution >= 0.6 is 0 Å². The average molecular weight is 459 g/mol. The van der Waals surface area contributed by atoms with Crippen LogP contribution in [0.15, 0.2) is 66.7 Å². The van der Waals surface area contributed by atoms with Crippen LogP contribution in [0.2, 0.25) is 0 Å². The van der Waals surface area contributed by atoms with Crippen molar-refractivity contribution in [2.45, 2.75) is 31.0 Å². The number of rotatable bonds is 4. The quantitative estimate of drug-likeness (QED) is 0.471. The van der Waals surface area contributed by atoms with Crippen LogP contribution in [0.5, 0.6) is 11.5 Å². The van der Waals surface area contributed by atoms with Crippen LogP contribution in [-0.2, 0) is 25.5 Å². The molecule has 1 N–H and O–H groups in total. The molecule has 1 fully saturated rings. The van der Waals surface area contributed by atoms with Crippen molar-refractivity contribution in [1.29, 1.82) is 0 Å². The number of Topliss-reactive ketones (excluding diaryl/α,β-unsaturated/α-hetero) is 1. The summed E-state index contributed by atoms with van der Waals surface area (Å²) in [6, 6.07) is 20.0. The molecule has 0 radical (unpaired) electrons. The SMILES string of the molecule is COC(=O)[C@H]1C(=O)[C@@]2(O)c3c(C)cc(C)cc3O[C@@]2(c2ccc(OC)cc2)[C@@H]1c1ccccc1. The molecular weight excluding hydrogens is 432 g/mol. The van der Waals surface area contributed by atoms with E-state index in [0.29, 0.717) is 28.2 Å². The molecule has 2 aliphatic rings. The summed E-state index contributed by atoms with van der Waals surface area (Å²) in [5.41, 5.74) is -0.369. The molecule has 6 heteroatoms. The van der Waals surface area contributed by atoms with Gasteiger partial charge in [0.15, 0.2) is 17.0 Å². The predicted molar refractivity (Wildman–Crippen MR) is 125 cm³/mol. The zero-order chi connectivity index (χ0) is 24.3. The van der Waals surface area contributed by atoms with E-state index >= 15 is 0 Å². The minimum atomic E-state index is -2.10. The summed E-state index contributed by atoms with van der Waals surface area (Å²) in [5, 5.41) is 12.5. The molecule has 3 aromatic rings. The molecule has 1 aliphatic carbocycles. The minimum absolute atomic E-state index is 0.395. The first-order valence-electron chi connectivity index (χ1n) is 11.1. The van der Waals surface area contributed by atoms with Gasteiger partial charge in [0.2, 0.25) is 0 Å². The smallest absolute Gasteiger partial charge is 0.317 e. The van der Waals surface area contributed by atoms with Crippen molar-refractivity contribution in [1.82, 2.24) is 0 Å². The van der Waals surface area contributed by atoms with Crippen molar-refractivity contribution in [2.75, 3.05) is 14.2 Å². The Morgan fingerprint density at radius 2 is 1.68 bits per heavy atom. The van der Waals surface area contributed by atoms with Crippen molar-refractivity contribution in [2.24, 2.45) is 5.92 Å². The van der Waals surface area contributed by atoms with Gasteiger partial charge in [-0.1, -0.05) is 48.5 Å². The van der Waals surface area contributed by atoms with Crippen molar-refractivity contribution in [3.63, 3.8) is 0 Å². The van der Waals surface area contributed by atoms with Gasteiger partial charge in [-0.3, -0.25) is 9.59 Å². The Morgan fingerprint density at radius 3 is 2.29 bits per heavy atom. The highest BCUT2D eigenvalue weighted by Crippen LogP contribution is 2.67. The van der Waals surface area contributed by atoms with E-state index in [0.717, 1.165) is 11.1 Å². The van der Waals surface area contributed by atoms with E-state index in [2.05, 4.69) is 0 Å². The standard InChI is InChI=1S/C28H26O6/c1-16-14-17(2)23-21(15-16)34-28(19-10-12-20(32-3)13-11-19)24(18-8-6-5-7-9-18)22(26(30)33-4)25(29)27(23,28)31/h5-15,22,24,31H,1-4H3/t22-,24-,27+,28+/m1/s1. The maximum absolute atomic E-state index is 14.1. The van der Waals surface area contributed by atoms with E-state index in [1.807, 2.05) is 56.3 Å². The highest BCUT2D eigenvalue weighted by molar-refractivity contribution is 6.09. The van der Waals surface area contributed by atoms with Crippen LogP contribution in [0.4, 0.5) is 0 Å². The lowest BCUT2D eigenvalue weighted by atomic mass is 9.70. The summed E-state index contributed by atoms with van der Waals surface area (Å²) < 4.78 is 17.1. The second-order valence-corrected chi connectivity index (χ2v) is 8.99. The molecule has 0 bridgehead atoms. The fourth-order valence-electron chi connectivity index (χ4n) is 5.86. The van der Waals surface area contributed by atoms with Crippen LogP contribution < -0.4 is 9.47 Å². The van der Waals surface area contributed by atoms with Gasteiger partial charge in [0, 0.05) is 11.1 Å². The van der Waals surface area contributed by atoms with Crippen molar-refractivity contribution in [3.8, 4) is 11.5 Å². The first kappa shape index (κ1) is 22.2. The van der Waals surface area contributed by atoms with E-state index < -0.39 is 34.8 Å². The van der Waals surface area contributed by atoms with Gasteiger partial charge >= 0.3 is 5.97 Å². The summed E-state index contributed by atoms with van der Waals surface area (Å²) in [6.07, 6.45) is 0. The molecule has 0 spiro atoms. The molecule has 0 saturated heterocycles. The highest BCUT2D eigenvalue weighted by Gasteiger charge is 2.78. The zero-order valence-corrected chi connectivity index (χ0v) is 19.5. The van der Waals surface area contributed by atoms with Crippen molar-refractivity contribution >= 4 is 11.8 Å². The fourth-order valence-corrected chi connectivity index (χ4v) is 5.86. The topological polar surface area (TPSA) is 82.1 Å². The number of esters is 1. The third-order valence-electron chi connectivity index (χ3n) is 7.16. The van der Waals surface area contributed by atoms with E-state index in [1.165, 1.54) is 7.11 Å². The highest BCUT2D eigenvalue weighted by atomic mass is 16.5. The van der Waals surface area contributed by atoms with Crippen LogP contribution in [0.3, 0.4) is 0 Å². The summed E-state index contributed by atoms with van der Waals surface area (Å²) in [7, 11) is 2.82. The van der Waals surface area contributed by atoms with Gasteiger partial charge in [0.25, 0.3) is 0 Å². The van der Waals surface area contributed by atoms with Gasteiger partial charge in [0.1, 0.15) is 17.4 Å². The first-order chi connectivity index (χ1) is 16.3. The minimum Gasteiger partial charge on any atom is -0.497 e. The zero-order valence-electron chi connectivity index (χ0n) is 19.5. The molecule has 1 aliphatic heterocycles. The maximum Gasteiger partial charge on any atom is 0.317 e. The Balaban J connectivity index is 1.89. The van der Waals surface area contributed by atoms with Crippen LogP contribution in [0.1, 0.15) is 33.7 Å². The number of methoxy groups -OCH3 is 2. The maximum atomic E-state index is 14.1. The molecule has 34 heavy (non-hydrogen) atoms. The molecule has 0 aromatic heterocycles. The van der Waals surface area contributed by atoms with Crippen molar-refractivity contribution < 1.29 is 28.9 Å². The summed E-state index contributed by atoms with van der Waals surface area (Å²) in [6.45, 7) is 3.77. The fraction of sp³-hybridized carbons (Fsp3) is 0.286.